The summed E-state index contributed by atoms with van der Waals surface area (Å²) < 4.78 is 0. The van der Waals surface area contributed by atoms with Crippen LogP contribution in [0.25, 0.3) is 0 Å². The third-order valence-corrected chi connectivity index (χ3v) is 3.16. The molecule has 4 N–H and O–H groups in total. The molecule has 4 nitrogen and oxygen atoms in total. The number of amides is 1. The van der Waals surface area contributed by atoms with Crippen molar-refractivity contribution < 1.29 is 4.79 Å². The number of benzene rings is 2. The average Bonchev–Trinajstić information content (AvgIpc) is 2.42. The number of carbonyl (C=O) groups is 1. The molecule has 98 valence electrons. The standard InChI is InChI=1S/C13H11Cl2N3O/c14-9-5-3-6-10(15)12(9)17-13(19)8-4-1-2-7-11(8)18-16/h1-7,18H,16H2,(H,17,19). The van der Waals surface area contributed by atoms with E-state index in [0.29, 0.717) is 27.0 Å². The van der Waals surface area contributed by atoms with Gasteiger partial charge in [-0.25, -0.2) is 0 Å². The summed E-state index contributed by atoms with van der Waals surface area (Å²) in [5, 5.41) is 3.42. The minimum Gasteiger partial charge on any atom is -0.323 e. The second-order valence-electron chi connectivity index (χ2n) is 3.74. The van der Waals surface area contributed by atoms with Crippen molar-refractivity contribution in [1.29, 1.82) is 0 Å². The Morgan fingerprint density at radius 1 is 1.00 bits per heavy atom. The van der Waals surface area contributed by atoms with Gasteiger partial charge in [0.05, 0.1) is 27.0 Å². The summed E-state index contributed by atoms with van der Waals surface area (Å²) in [6, 6.07) is 11.9. The number of hydrogen-bond acceptors (Lipinski definition) is 3. The number of nitrogen functional groups attached to an aromatic ring is 1. The first-order chi connectivity index (χ1) is 9.13. The maximum atomic E-state index is 12.2. The third-order valence-electron chi connectivity index (χ3n) is 2.53. The third kappa shape index (κ3) is 2.98. The van der Waals surface area contributed by atoms with Gasteiger partial charge in [0, 0.05) is 0 Å². The number of nitrogens with one attached hydrogen (secondary N) is 2. The highest BCUT2D eigenvalue weighted by Crippen LogP contribution is 2.30. The van der Waals surface area contributed by atoms with Gasteiger partial charge >= 0.3 is 0 Å². The molecule has 0 saturated heterocycles. The first-order valence-electron chi connectivity index (χ1n) is 5.44. The van der Waals surface area contributed by atoms with Crippen LogP contribution in [0.4, 0.5) is 11.4 Å². The van der Waals surface area contributed by atoms with Gasteiger partial charge in [0.25, 0.3) is 5.91 Å². The number of carbonyl (C=O) groups excluding carboxylic acids is 1. The zero-order valence-corrected chi connectivity index (χ0v) is 11.3. The fourth-order valence-electron chi connectivity index (χ4n) is 1.61. The smallest absolute Gasteiger partial charge is 0.257 e. The van der Waals surface area contributed by atoms with E-state index >= 15 is 0 Å². The summed E-state index contributed by atoms with van der Waals surface area (Å²) in [5.41, 5.74) is 3.76. The van der Waals surface area contributed by atoms with Crippen LogP contribution in [-0.4, -0.2) is 5.91 Å². The molecule has 0 bridgehead atoms. The molecule has 0 atom stereocenters. The highest BCUT2D eigenvalue weighted by molar-refractivity contribution is 6.40. The van der Waals surface area contributed by atoms with Crippen LogP contribution >= 0.6 is 23.2 Å². The Bertz CT molecular complexity index is 596. The first kappa shape index (κ1) is 13.7. The lowest BCUT2D eigenvalue weighted by Gasteiger charge is -2.11. The lowest BCUT2D eigenvalue weighted by molar-refractivity contribution is 0.102. The van der Waals surface area contributed by atoms with E-state index in [-0.39, 0.29) is 5.91 Å². The van der Waals surface area contributed by atoms with Crippen LogP contribution in [0.3, 0.4) is 0 Å². The number of para-hydroxylation sites is 2. The Morgan fingerprint density at radius 3 is 2.26 bits per heavy atom. The van der Waals surface area contributed by atoms with Gasteiger partial charge in [-0.05, 0) is 24.3 Å². The molecule has 0 fully saturated rings. The molecule has 2 aromatic carbocycles. The van der Waals surface area contributed by atoms with Crippen molar-refractivity contribution in [2.45, 2.75) is 0 Å². The SMILES string of the molecule is NNc1ccccc1C(=O)Nc1c(Cl)cccc1Cl. The monoisotopic (exact) mass is 295 g/mol. The number of anilines is 2. The fraction of sp³-hybridized carbons (Fsp3) is 0. The number of hydrazine groups is 1. The Balaban J connectivity index is 2.31. The van der Waals surface area contributed by atoms with Crippen LogP contribution < -0.4 is 16.6 Å². The minimum absolute atomic E-state index is 0.344. The predicted molar refractivity (Wildman–Crippen MR) is 78.7 cm³/mol. The van der Waals surface area contributed by atoms with Gasteiger partial charge in [0.2, 0.25) is 0 Å². The molecule has 0 aliphatic heterocycles. The summed E-state index contributed by atoms with van der Waals surface area (Å²) in [6.07, 6.45) is 0. The van der Waals surface area contributed by atoms with Gasteiger partial charge in [0.1, 0.15) is 0 Å². The number of hydrogen-bond donors (Lipinski definition) is 3. The van der Waals surface area contributed by atoms with E-state index in [9.17, 15) is 4.79 Å². The molecule has 0 aliphatic rings. The predicted octanol–water partition coefficient (Wildman–Crippen LogP) is 3.53. The summed E-state index contributed by atoms with van der Waals surface area (Å²) in [4.78, 5) is 12.2. The summed E-state index contributed by atoms with van der Waals surface area (Å²) in [7, 11) is 0. The van der Waals surface area contributed by atoms with Crippen LogP contribution in [0.5, 0.6) is 0 Å². The maximum Gasteiger partial charge on any atom is 0.257 e. The summed E-state index contributed by atoms with van der Waals surface area (Å²) in [6.45, 7) is 0. The highest BCUT2D eigenvalue weighted by atomic mass is 35.5. The highest BCUT2D eigenvalue weighted by Gasteiger charge is 2.13. The quantitative estimate of drug-likeness (QED) is 0.599. The van der Waals surface area contributed by atoms with Crippen LogP contribution in [0.15, 0.2) is 42.5 Å². The minimum atomic E-state index is -0.344. The van der Waals surface area contributed by atoms with E-state index in [2.05, 4.69) is 10.7 Å². The Morgan fingerprint density at radius 2 is 1.63 bits per heavy atom. The molecule has 1 amide bonds. The summed E-state index contributed by atoms with van der Waals surface area (Å²) >= 11 is 12.0. The zero-order valence-electron chi connectivity index (χ0n) is 9.78. The average molecular weight is 296 g/mol. The molecule has 0 unspecified atom stereocenters. The zero-order chi connectivity index (χ0) is 13.8. The Hall–Kier alpha value is -1.75. The first-order valence-corrected chi connectivity index (χ1v) is 6.20. The number of rotatable bonds is 3. The summed E-state index contributed by atoms with van der Waals surface area (Å²) in [5.74, 6) is 5.02. The molecule has 0 radical (unpaired) electrons. The van der Waals surface area contributed by atoms with Crippen molar-refractivity contribution in [2.75, 3.05) is 10.7 Å². The lowest BCUT2D eigenvalue weighted by atomic mass is 10.1. The second kappa shape index (κ2) is 5.93. The van der Waals surface area contributed by atoms with Crippen molar-refractivity contribution >= 4 is 40.5 Å². The van der Waals surface area contributed by atoms with E-state index in [0.717, 1.165) is 0 Å². The van der Waals surface area contributed by atoms with Gasteiger partial charge in [0.15, 0.2) is 0 Å². The van der Waals surface area contributed by atoms with Crippen LogP contribution in [0.2, 0.25) is 10.0 Å². The number of halogens is 2. The lowest BCUT2D eigenvalue weighted by Crippen LogP contribution is -2.17. The van der Waals surface area contributed by atoms with Gasteiger partial charge < -0.3 is 10.7 Å². The molecule has 0 aromatic heterocycles. The van der Waals surface area contributed by atoms with Gasteiger partial charge in [-0.2, -0.15) is 0 Å². The molecular weight excluding hydrogens is 285 g/mol. The van der Waals surface area contributed by atoms with E-state index < -0.39 is 0 Å². The van der Waals surface area contributed by atoms with Crippen molar-refractivity contribution in [1.82, 2.24) is 0 Å². The number of nitrogens with two attached hydrogens (primary N) is 1. The van der Waals surface area contributed by atoms with E-state index in [4.69, 9.17) is 29.0 Å². The van der Waals surface area contributed by atoms with E-state index in [1.165, 1.54) is 0 Å². The second-order valence-corrected chi connectivity index (χ2v) is 4.56. The van der Waals surface area contributed by atoms with Crippen LogP contribution in [0.1, 0.15) is 10.4 Å². The van der Waals surface area contributed by atoms with Crippen LogP contribution in [0, 0.1) is 0 Å². The van der Waals surface area contributed by atoms with Gasteiger partial charge in [-0.3, -0.25) is 10.6 Å². The molecule has 2 aromatic rings. The van der Waals surface area contributed by atoms with Crippen molar-refractivity contribution in [3.05, 3.63) is 58.1 Å². The van der Waals surface area contributed by atoms with E-state index in [1.54, 1.807) is 42.5 Å². The Kier molecular flexibility index (Phi) is 4.27. The van der Waals surface area contributed by atoms with Crippen molar-refractivity contribution in [3.63, 3.8) is 0 Å². The molecule has 0 spiro atoms. The van der Waals surface area contributed by atoms with Crippen molar-refractivity contribution in [2.24, 2.45) is 5.84 Å². The molecular formula is C13H11Cl2N3O. The van der Waals surface area contributed by atoms with Gasteiger partial charge in [-0.15, -0.1) is 0 Å². The van der Waals surface area contributed by atoms with Gasteiger partial charge in [-0.1, -0.05) is 41.4 Å². The fourth-order valence-corrected chi connectivity index (χ4v) is 2.10. The Labute approximate surface area is 120 Å². The molecule has 2 rings (SSSR count). The van der Waals surface area contributed by atoms with Crippen LogP contribution in [-0.2, 0) is 0 Å². The van der Waals surface area contributed by atoms with E-state index in [1.807, 2.05) is 0 Å². The molecule has 19 heavy (non-hydrogen) atoms. The maximum absolute atomic E-state index is 12.2. The molecule has 6 heteroatoms. The topological polar surface area (TPSA) is 67.1 Å². The normalized spacial score (nSPS) is 10.1. The van der Waals surface area contributed by atoms with Crippen molar-refractivity contribution in [3.8, 4) is 0 Å². The molecule has 0 saturated carbocycles. The molecule has 0 aliphatic carbocycles. The molecule has 0 heterocycles. The largest absolute Gasteiger partial charge is 0.323 e.